The molecule has 5 nitrogen and oxygen atoms in total. The minimum Gasteiger partial charge on any atom is -0.352 e. The maximum absolute atomic E-state index is 13.8. The number of halogens is 2. The molecular formula is C21H18F2N4O. The summed E-state index contributed by atoms with van der Waals surface area (Å²) >= 11 is 0. The second-order valence-electron chi connectivity index (χ2n) is 6.68. The molecule has 2 heterocycles. The highest BCUT2D eigenvalue weighted by molar-refractivity contribution is 6.03. The van der Waals surface area contributed by atoms with E-state index in [1.165, 1.54) is 17.2 Å². The third kappa shape index (κ3) is 3.69. The summed E-state index contributed by atoms with van der Waals surface area (Å²) in [6.45, 7) is 3.18. The number of aryl methyl sites for hydroxylation is 1. The van der Waals surface area contributed by atoms with Crippen molar-refractivity contribution in [1.29, 1.82) is 0 Å². The standard InChI is InChI=1S/C21H18F2N4O/c1-13-24-19(21(28)26-18-7-6-16(22)10-17(18)23)11-20(25-13)27-9-8-14-4-2-3-5-15(14)12-27/h2-7,10-11H,8-9,12H2,1H3,(H,26,28). The summed E-state index contributed by atoms with van der Waals surface area (Å²) in [5.74, 6) is -1.03. The average molecular weight is 380 g/mol. The van der Waals surface area contributed by atoms with Crippen LogP contribution in [0.3, 0.4) is 0 Å². The van der Waals surface area contributed by atoms with Crippen molar-refractivity contribution >= 4 is 17.4 Å². The topological polar surface area (TPSA) is 58.1 Å². The minimum atomic E-state index is -0.841. The Hall–Kier alpha value is -3.35. The fourth-order valence-corrected chi connectivity index (χ4v) is 3.30. The van der Waals surface area contributed by atoms with Gasteiger partial charge in [-0.1, -0.05) is 24.3 Å². The Morgan fingerprint density at radius 3 is 2.64 bits per heavy atom. The maximum Gasteiger partial charge on any atom is 0.274 e. The summed E-state index contributed by atoms with van der Waals surface area (Å²) in [5, 5.41) is 2.44. The summed E-state index contributed by atoms with van der Waals surface area (Å²) in [5.41, 5.74) is 2.57. The number of aromatic nitrogens is 2. The molecule has 0 saturated carbocycles. The summed E-state index contributed by atoms with van der Waals surface area (Å²) < 4.78 is 26.9. The highest BCUT2D eigenvalue weighted by Gasteiger charge is 2.20. The Morgan fingerprint density at radius 2 is 1.86 bits per heavy atom. The number of anilines is 2. The second-order valence-corrected chi connectivity index (χ2v) is 6.68. The predicted molar refractivity (Wildman–Crippen MR) is 102 cm³/mol. The third-order valence-corrected chi connectivity index (χ3v) is 4.69. The highest BCUT2D eigenvalue weighted by atomic mass is 19.1. The lowest BCUT2D eigenvalue weighted by Crippen LogP contribution is -2.31. The molecule has 0 spiro atoms. The molecule has 0 unspecified atom stereocenters. The van der Waals surface area contributed by atoms with Gasteiger partial charge in [-0.05, 0) is 36.6 Å². The van der Waals surface area contributed by atoms with Gasteiger partial charge in [0.05, 0.1) is 5.69 Å². The normalized spacial score (nSPS) is 13.2. The number of benzene rings is 2. The van der Waals surface area contributed by atoms with E-state index in [-0.39, 0.29) is 11.4 Å². The molecule has 7 heteroatoms. The van der Waals surface area contributed by atoms with Gasteiger partial charge in [0, 0.05) is 25.2 Å². The molecule has 142 valence electrons. The number of fused-ring (bicyclic) bond motifs is 1. The zero-order valence-corrected chi connectivity index (χ0v) is 15.2. The van der Waals surface area contributed by atoms with Crippen LogP contribution in [-0.2, 0) is 13.0 Å². The Bertz CT molecular complexity index is 1050. The molecule has 0 saturated heterocycles. The molecule has 0 bridgehead atoms. The number of hydrogen-bond donors (Lipinski definition) is 1. The Morgan fingerprint density at radius 1 is 1.07 bits per heavy atom. The lowest BCUT2D eigenvalue weighted by Gasteiger charge is -2.30. The minimum absolute atomic E-state index is 0.101. The van der Waals surface area contributed by atoms with Crippen molar-refractivity contribution in [2.45, 2.75) is 19.9 Å². The number of carbonyl (C=O) groups excluding carboxylic acids is 1. The Labute approximate surface area is 161 Å². The average Bonchev–Trinajstić information content (AvgIpc) is 2.69. The molecular weight excluding hydrogens is 362 g/mol. The number of rotatable bonds is 3. The van der Waals surface area contributed by atoms with E-state index in [4.69, 9.17) is 0 Å². The summed E-state index contributed by atoms with van der Waals surface area (Å²) in [6, 6.07) is 12.8. The first-order chi connectivity index (χ1) is 13.5. The Balaban J connectivity index is 1.58. The van der Waals surface area contributed by atoms with E-state index in [1.807, 2.05) is 12.1 Å². The van der Waals surface area contributed by atoms with Gasteiger partial charge in [0.2, 0.25) is 0 Å². The lowest BCUT2D eigenvalue weighted by atomic mass is 10.00. The monoisotopic (exact) mass is 380 g/mol. The molecule has 4 rings (SSSR count). The fourth-order valence-electron chi connectivity index (χ4n) is 3.30. The van der Waals surface area contributed by atoms with E-state index in [0.717, 1.165) is 25.1 Å². The van der Waals surface area contributed by atoms with Crippen LogP contribution in [0.5, 0.6) is 0 Å². The first-order valence-corrected chi connectivity index (χ1v) is 8.93. The van der Waals surface area contributed by atoms with E-state index in [9.17, 15) is 13.6 Å². The van der Waals surface area contributed by atoms with Gasteiger partial charge in [-0.15, -0.1) is 0 Å². The second kappa shape index (κ2) is 7.34. The fraction of sp³-hybridized carbons (Fsp3) is 0.190. The molecule has 1 N–H and O–H groups in total. The first kappa shape index (κ1) is 18.0. The van der Waals surface area contributed by atoms with Crippen LogP contribution in [0.15, 0.2) is 48.5 Å². The SMILES string of the molecule is Cc1nc(C(=O)Nc2ccc(F)cc2F)cc(N2CCc3ccccc3C2)n1. The van der Waals surface area contributed by atoms with Crippen LogP contribution >= 0.6 is 0 Å². The van der Waals surface area contributed by atoms with Gasteiger partial charge in [-0.3, -0.25) is 4.79 Å². The molecule has 1 amide bonds. The maximum atomic E-state index is 13.8. The van der Waals surface area contributed by atoms with Crippen molar-refractivity contribution in [3.63, 3.8) is 0 Å². The van der Waals surface area contributed by atoms with Gasteiger partial charge in [0.1, 0.15) is 29.0 Å². The van der Waals surface area contributed by atoms with Crippen LogP contribution in [0.25, 0.3) is 0 Å². The zero-order chi connectivity index (χ0) is 19.7. The van der Waals surface area contributed by atoms with Crippen molar-refractivity contribution in [2.24, 2.45) is 0 Å². The van der Waals surface area contributed by atoms with Crippen molar-refractivity contribution in [2.75, 3.05) is 16.8 Å². The van der Waals surface area contributed by atoms with Gasteiger partial charge >= 0.3 is 0 Å². The molecule has 1 aliphatic heterocycles. The lowest BCUT2D eigenvalue weighted by molar-refractivity contribution is 0.102. The van der Waals surface area contributed by atoms with Crippen LogP contribution in [0.4, 0.5) is 20.3 Å². The number of carbonyl (C=O) groups is 1. The molecule has 0 aliphatic carbocycles. The highest BCUT2D eigenvalue weighted by Crippen LogP contribution is 2.24. The molecule has 0 atom stereocenters. The molecule has 0 fully saturated rings. The van der Waals surface area contributed by atoms with Gasteiger partial charge in [-0.2, -0.15) is 0 Å². The summed E-state index contributed by atoms with van der Waals surface area (Å²) in [6.07, 6.45) is 0.890. The van der Waals surface area contributed by atoms with Gasteiger partial charge in [0.25, 0.3) is 5.91 Å². The molecule has 1 aliphatic rings. The summed E-state index contributed by atoms with van der Waals surface area (Å²) in [4.78, 5) is 23.3. The molecule has 28 heavy (non-hydrogen) atoms. The first-order valence-electron chi connectivity index (χ1n) is 8.93. The van der Waals surface area contributed by atoms with Gasteiger partial charge in [0.15, 0.2) is 0 Å². The number of nitrogens with one attached hydrogen (secondary N) is 1. The predicted octanol–water partition coefficient (Wildman–Crippen LogP) is 3.88. The van der Waals surface area contributed by atoms with Gasteiger partial charge in [-0.25, -0.2) is 18.7 Å². The summed E-state index contributed by atoms with van der Waals surface area (Å²) in [7, 11) is 0. The molecule has 2 aromatic carbocycles. The quantitative estimate of drug-likeness (QED) is 0.749. The molecule has 1 aromatic heterocycles. The van der Waals surface area contributed by atoms with Gasteiger partial charge < -0.3 is 10.2 Å². The van der Waals surface area contributed by atoms with Crippen molar-refractivity contribution < 1.29 is 13.6 Å². The van der Waals surface area contributed by atoms with E-state index in [2.05, 4.69) is 32.3 Å². The van der Waals surface area contributed by atoms with E-state index >= 15 is 0 Å². The smallest absolute Gasteiger partial charge is 0.274 e. The molecule has 0 radical (unpaired) electrons. The third-order valence-electron chi connectivity index (χ3n) is 4.69. The van der Waals surface area contributed by atoms with E-state index in [1.54, 1.807) is 13.0 Å². The van der Waals surface area contributed by atoms with Crippen molar-refractivity contribution in [3.05, 3.63) is 82.8 Å². The van der Waals surface area contributed by atoms with Crippen LogP contribution < -0.4 is 10.2 Å². The van der Waals surface area contributed by atoms with Crippen LogP contribution in [0, 0.1) is 18.6 Å². The van der Waals surface area contributed by atoms with Crippen LogP contribution in [0.1, 0.15) is 27.4 Å². The number of amides is 1. The van der Waals surface area contributed by atoms with Crippen molar-refractivity contribution in [3.8, 4) is 0 Å². The van der Waals surface area contributed by atoms with E-state index in [0.29, 0.717) is 18.2 Å². The molecule has 3 aromatic rings. The number of nitrogens with zero attached hydrogens (tertiary/aromatic N) is 3. The number of hydrogen-bond acceptors (Lipinski definition) is 4. The largest absolute Gasteiger partial charge is 0.352 e. The van der Waals surface area contributed by atoms with Crippen LogP contribution in [0.2, 0.25) is 0 Å². The zero-order valence-electron chi connectivity index (χ0n) is 15.2. The van der Waals surface area contributed by atoms with E-state index < -0.39 is 17.5 Å². The van der Waals surface area contributed by atoms with Crippen molar-refractivity contribution in [1.82, 2.24) is 9.97 Å². The van der Waals surface area contributed by atoms with Crippen LogP contribution in [-0.4, -0.2) is 22.4 Å². The Kier molecular flexibility index (Phi) is 4.73.